The van der Waals surface area contributed by atoms with Crippen molar-refractivity contribution in [3.05, 3.63) is 63.1 Å². The van der Waals surface area contributed by atoms with Crippen LogP contribution in [0.1, 0.15) is 10.4 Å². The van der Waals surface area contributed by atoms with Crippen LogP contribution in [0.2, 0.25) is 5.02 Å². The summed E-state index contributed by atoms with van der Waals surface area (Å²) in [6, 6.07) is 7.88. The van der Waals surface area contributed by atoms with Crippen molar-refractivity contribution in [2.45, 2.75) is 0 Å². The summed E-state index contributed by atoms with van der Waals surface area (Å²) in [5, 5.41) is 2.29. The van der Waals surface area contributed by atoms with Gasteiger partial charge in [-0.3, -0.25) is 4.79 Å². The van der Waals surface area contributed by atoms with Crippen LogP contribution >= 0.6 is 27.5 Å². The Morgan fingerprint density at radius 1 is 1.21 bits per heavy atom. The Balaban J connectivity index is 2.28. The predicted octanol–water partition coefficient (Wildman–Crippen LogP) is 4.63. The number of halogens is 4. The van der Waals surface area contributed by atoms with Crippen molar-refractivity contribution in [1.82, 2.24) is 0 Å². The third-order valence-electron chi connectivity index (χ3n) is 2.38. The van der Waals surface area contributed by atoms with Crippen LogP contribution in [0, 0.1) is 11.6 Å². The van der Waals surface area contributed by atoms with Crippen molar-refractivity contribution in [2.75, 3.05) is 5.32 Å². The first-order valence-corrected chi connectivity index (χ1v) is 6.36. The molecule has 1 amide bonds. The van der Waals surface area contributed by atoms with Crippen molar-refractivity contribution in [1.29, 1.82) is 0 Å². The fraction of sp³-hybridized carbons (Fsp3) is 0. The van der Waals surface area contributed by atoms with Gasteiger partial charge < -0.3 is 5.32 Å². The average molecular weight is 347 g/mol. The lowest BCUT2D eigenvalue weighted by molar-refractivity contribution is 0.102. The number of hydrogen-bond donors (Lipinski definition) is 1. The maximum absolute atomic E-state index is 13.6. The standard InChI is InChI=1S/C13H7BrClF2NO/c14-9-6-7(16)4-5-8(9)13(19)18-11-3-1-2-10(15)12(11)17/h1-6H,(H,18,19). The molecule has 2 aromatic rings. The summed E-state index contributed by atoms with van der Waals surface area (Å²) < 4.78 is 26.8. The summed E-state index contributed by atoms with van der Waals surface area (Å²) in [5.74, 6) is -1.75. The topological polar surface area (TPSA) is 29.1 Å². The lowest BCUT2D eigenvalue weighted by Crippen LogP contribution is -2.13. The molecular formula is C13H7BrClF2NO. The second kappa shape index (κ2) is 5.67. The molecule has 98 valence electrons. The zero-order valence-corrected chi connectivity index (χ0v) is 11.7. The summed E-state index contributed by atoms with van der Waals surface area (Å²) in [7, 11) is 0. The molecule has 0 bridgehead atoms. The van der Waals surface area contributed by atoms with Gasteiger partial charge in [-0.05, 0) is 46.3 Å². The molecule has 0 spiro atoms. The third kappa shape index (κ3) is 3.11. The van der Waals surface area contributed by atoms with Gasteiger partial charge in [0.05, 0.1) is 16.3 Å². The van der Waals surface area contributed by atoms with Crippen molar-refractivity contribution in [3.63, 3.8) is 0 Å². The Bertz CT molecular complexity index is 649. The van der Waals surface area contributed by atoms with Crippen LogP contribution < -0.4 is 5.32 Å². The minimum Gasteiger partial charge on any atom is -0.319 e. The van der Waals surface area contributed by atoms with Gasteiger partial charge in [0, 0.05) is 4.47 Å². The number of carbonyl (C=O) groups is 1. The third-order valence-corrected chi connectivity index (χ3v) is 3.32. The van der Waals surface area contributed by atoms with Crippen LogP contribution in [0.3, 0.4) is 0 Å². The molecular weight excluding hydrogens is 340 g/mol. The highest BCUT2D eigenvalue weighted by Crippen LogP contribution is 2.24. The van der Waals surface area contributed by atoms with Gasteiger partial charge in [0.25, 0.3) is 5.91 Å². The maximum atomic E-state index is 13.6. The fourth-order valence-corrected chi connectivity index (χ4v) is 2.17. The Hall–Kier alpha value is -1.46. The summed E-state index contributed by atoms with van der Waals surface area (Å²) in [6.45, 7) is 0. The molecule has 0 aromatic heterocycles. The Morgan fingerprint density at radius 3 is 2.63 bits per heavy atom. The van der Waals surface area contributed by atoms with E-state index in [1.165, 1.54) is 24.3 Å². The molecule has 0 radical (unpaired) electrons. The van der Waals surface area contributed by atoms with E-state index in [9.17, 15) is 13.6 Å². The molecule has 6 heteroatoms. The largest absolute Gasteiger partial charge is 0.319 e. The number of carbonyl (C=O) groups excluding carboxylic acids is 1. The van der Waals surface area contributed by atoms with E-state index in [1.807, 2.05) is 0 Å². The van der Waals surface area contributed by atoms with Gasteiger partial charge in [-0.15, -0.1) is 0 Å². The Kier molecular flexibility index (Phi) is 4.17. The summed E-state index contributed by atoms with van der Waals surface area (Å²) >= 11 is 8.68. The molecule has 2 nitrogen and oxygen atoms in total. The minimum atomic E-state index is -0.712. The SMILES string of the molecule is O=C(Nc1cccc(Cl)c1F)c1ccc(F)cc1Br. The molecule has 0 fully saturated rings. The second-order valence-corrected chi connectivity index (χ2v) is 4.94. The van der Waals surface area contributed by atoms with E-state index in [1.54, 1.807) is 0 Å². The number of rotatable bonds is 2. The van der Waals surface area contributed by atoms with E-state index in [0.717, 1.165) is 12.1 Å². The Morgan fingerprint density at radius 2 is 1.95 bits per heavy atom. The Labute approximate surface area is 121 Å². The van der Waals surface area contributed by atoms with Crippen LogP contribution in [-0.4, -0.2) is 5.91 Å². The highest BCUT2D eigenvalue weighted by Gasteiger charge is 2.14. The van der Waals surface area contributed by atoms with Crippen molar-refractivity contribution in [3.8, 4) is 0 Å². The fourth-order valence-electron chi connectivity index (χ4n) is 1.46. The smallest absolute Gasteiger partial charge is 0.256 e. The van der Waals surface area contributed by atoms with Crippen LogP contribution in [0.4, 0.5) is 14.5 Å². The van der Waals surface area contributed by atoms with E-state index >= 15 is 0 Å². The number of amides is 1. The molecule has 0 saturated heterocycles. The first-order valence-electron chi connectivity index (χ1n) is 5.19. The molecule has 0 unspecified atom stereocenters. The van der Waals surface area contributed by atoms with Crippen LogP contribution in [-0.2, 0) is 0 Å². The highest BCUT2D eigenvalue weighted by atomic mass is 79.9. The molecule has 2 aromatic carbocycles. The van der Waals surface area contributed by atoms with E-state index in [4.69, 9.17) is 11.6 Å². The van der Waals surface area contributed by atoms with Gasteiger partial charge in [-0.2, -0.15) is 0 Å². The molecule has 0 heterocycles. The molecule has 0 aliphatic carbocycles. The van der Waals surface area contributed by atoms with Gasteiger partial charge >= 0.3 is 0 Å². The van der Waals surface area contributed by atoms with E-state index in [-0.39, 0.29) is 20.7 Å². The minimum absolute atomic E-state index is 0.0336. The van der Waals surface area contributed by atoms with Gasteiger partial charge in [0.2, 0.25) is 0 Å². The zero-order chi connectivity index (χ0) is 14.0. The number of benzene rings is 2. The predicted molar refractivity (Wildman–Crippen MR) is 73.5 cm³/mol. The lowest BCUT2D eigenvalue weighted by Gasteiger charge is -2.08. The van der Waals surface area contributed by atoms with Gasteiger partial charge in [0.15, 0.2) is 5.82 Å². The molecule has 0 saturated carbocycles. The maximum Gasteiger partial charge on any atom is 0.256 e. The van der Waals surface area contributed by atoms with Crippen LogP contribution in [0.15, 0.2) is 40.9 Å². The molecule has 1 N–H and O–H groups in total. The number of anilines is 1. The average Bonchev–Trinajstić information content (AvgIpc) is 2.34. The number of nitrogens with one attached hydrogen (secondary N) is 1. The van der Waals surface area contributed by atoms with E-state index < -0.39 is 17.5 Å². The molecule has 2 rings (SSSR count). The molecule has 0 aliphatic rings. The van der Waals surface area contributed by atoms with Gasteiger partial charge in [-0.25, -0.2) is 8.78 Å². The van der Waals surface area contributed by atoms with Crippen molar-refractivity contribution < 1.29 is 13.6 Å². The van der Waals surface area contributed by atoms with Crippen LogP contribution in [0.5, 0.6) is 0 Å². The number of hydrogen-bond acceptors (Lipinski definition) is 1. The first kappa shape index (κ1) is 14.0. The zero-order valence-electron chi connectivity index (χ0n) is 9.38. The monoisotopic (exact) mass is 345 g/mol. The lowest BCUT2D eigenvalue weighted by atomic mass is 10.2. The van der Waals surface area contributed by atoms with Crippen molar-refractivity contribution >= 4 is 39.1 Å². The normalized spacial score (nSPS) is 10.3. The van der Waals surface area contributed by atoms with Crippen LogP contribution in [0.25, 0.3) is 0 Å². The summed E-state index contributed by atoms with van der Waals surface area (Å²) in [6.07, 6.45) is 0. The van der Waals surface area contributed by atoms with Crippen molar-refractivity contribution in [2.24, 2.45) is 0 Å². The highest BCUT2D eigenvalue weighted by molar-refractivity contribution is 9.10. The second-order valence-electron chi connectivity index (χ2n) is 3.68. The molecule has 0 aliphatic heterocycles. The molecule has 0 atom stereocenters. The summed E-state index contributed by atoms with van der Waals surface area (Å²) in [5.41, 5.74) is 0.162. The van der Waals surface area contributed by atoms with Gasteiger partial charge in [0.1, 0.15) is 5.82 Å². The molecule has 19 heavy (non-hydrogen) atoms. The van der Waals surface area contributed by atoms with E-state index in [0.29, 0.717) is 0 Å². The van der Waals surface area contributed by atoms with E-state index in [2.05, 4.69) is 21.2 Å². The quantitative estimate of drug-likeness (QED) is 0.844. The first-order chi connectivity index (χ1) is 8.99. The summed E-state index contributed by atoms with van der Waals surface area (Å²) in [4.78, 5) is 11.9. The van der Waals surface area contributed by atoms with Gasteiger partial charge in [-0.1, -0.05) is 17.7 Å².